The van der Waals surface area contributed by atoms with Crippen LogP contribution in [0.15, 0.2) is 47.2 Å². The minimum atomic E-state index is -2.97. The van der Waals surface area contributed by atoms with Crippen molar-refractivity contribution in [1.82, 2.24) is 4.98 Å². The van der Waals surface area contributed by atoms with E-state index in [1.807, 2.05) is 32.0 Å². The Balaban J connectivity index is 1.73. The maximum Gasteiger partial charge on any atom is 0.153 e. The molecule has 0 bridgehead atoms. The van der Waals surface area contributed by atoms with Crippen molar-refractivity contribution in [2.24, 2.45) is 5.92 Å². The van der Waals surface area contributed by atoms with Gasteiger partial charge in [-0.3, -0.25) is 0 Å². The topological polar surface area (TPSA) is 63.1 Å². The molecule has 1 N–H and O–H groups in total. The second kappa shape index (κ2) is 6.06. The van der Waals surface area contributed by atoms with E-state index >= 15 is 0 Å². The Morgan fingerprint density at radius 3 is 2.80 bits per heavy atom. The highest BCUT2D eigenvalue weighted by Crippen LogP contribution is 2.39. The van der Waals surface area contributed by atoms with E-state index in [0.29, 0.717) is 12.8 Å². The van der Waals surface area contributed by atoms with Gasteiger partial charge in [0, 0.05) is 22.7 Å². The molecule has 2 atom stereocenters. The van der Waals surface area contributed by atoms with Gasteiger partial charge in [-0.15, -0.1) is 0 Å². The summed E-state index contributed by atoms with van der Waals surface area (Å²) in [5.74, 6) is 1.55. The minimum absolute atomic E-state index is 0.150. The van der Waals surface area contributed by atoms with Crippen molar-refractivity contribution >= 4 is 20.7 Å². The molecule has 0 spiro atoms. The lowest BCUT2D eigenvalue weighted by atomic mass is 9.88. The Kier molecular flexibility index (Phi) is 3.99. The highest BCUT2D eigenvalue weighted by Gasteiger charge is 2.37. The van der Waals surface area contributed by atoms with Gasteiger partial charge < -0.3 is 9.40 Å². The van der Waals surface area contributed by atoms with Crippen molar-refractivity contribution in [2.45, 2.75) is 37.9 Å². The van der Waals surface area contributed by atoms with Crippen LogP contribution in [0, 0.1) is 5.92 Å². The zero-order chi connectivity index (χ0) is 17.6. The van der Waals surface area contributed by atoms with Crippen LogP contribution in [0.2, 0.25) is 0 Å². The zero-order valence-electron chi connectivity index (χ0n) is 14.5. The van der Waals surface area contributed by atoms with Crippen LogP contribution in [0.25, 0.3) is 22.2 Å². The van der Waals surface area contributed by atoms with Gasteiger partial charge in [-0.2, -0.15) is 0 Å². The molecule has 3 heterocycles. The Morgan fingerprint density at radius 1 is 1.24 bits per heavy atom. The van der Waals surface area contributed by atoms with Gasteiger partial charge in [-0.05, 0) is 60.6 Å². The number of benzene rings is 1. The molecule has 0 aliphatic carbocycles. The van der Waals surface area contributed by atoms with E-state index in [0.717, 1.165) is 16.8 Å². The predicted octanol–water partition coefficient (Wildman–Crippen LogP) is 4.74. The van der Waals surface area contributed by atoms with Gasteiger partial charge in [-0.1, -0.05) is 13.8 Å². The van der Waals surface area contributed by atoms with Crippen molar-refractivity contribution in [1.29, 1.82) is 0 Å². The molecule has 0 amide bonds. The average molecular weight is 357 g/mol. The second-order valence-corrected chi connectivity index (χ2v) is 9.69. The van der Waals surface area contributed by atoms with E-state index in [1.165, 1.54) is 10.9 Å². The first-order valence-corrected chi connectivity index (χ1v) is 10.5. The van der Waals surface area contributed by atoms with Gasteiger partial charge >= 0.3 is 0 Å². The molecule has 5 heteroatoms. The minimum Gasteiger partial charge on any atom is -0.464 e. The summed E-state index contributed by atoms with van der Waals surface area (Å²) >= 11 is 0. The number of H-pyrrole nitrogens is 1. The number of aromatic amines is 1. The molecule has 132 valence electrons. The molecular formula is C20H23NO3S. The summed E-state index contributed by atoms with van der Waals surface area (Å²) in [6.45, 7) is 4.02. The summed E-state index contributed by atoms with van der Waals surface area (Å²) in [5.41, 5.74) is 3.35. The van der Waals surface area contributed by atoms with E-state index in [1.54, 1.807) is 6.26 Å². The van der Waals surface area contributed by atoms with Gasteiger partial charge in [0.05, 0.1) is 17.3 Å². The lowest BCUT2D eigenvalue weighted by Gasteiger charge is -2.31. The molecule has 4 rings (SSSR count). The van der Waals surface area contributed by atoms with Gasteiger partial charge in [0.1, 0.15) is 5.76 Å². The highest BCUT2D eigenvalue weighted by atomic mass is 32.2. The quantitative estimate of drug-likeness (QED) is 0.736. The molecule has 0 radical (unpaired) electrons. The number of hydrogen-bond acceptors (Lipinski definition) is 3. The first kappa shape index (κ1) is 16.5. The molecule has 1 aliphatic heterocycles. The van der Waals surface area contributed by atoms with Crippen molar-refractivity contribution in [3.8, 4) is 11.3 Å². The van der Waals surface area contributed by atoms with Crippen LogP contribution >= 0.6 is 0 Å². The van der Waals surface area contributed by atoms with Crippen LogP contribution in [0.4, 0.5) is 0 Å². The van der Waals surface area contributed by atoms with Crippen LogP contribution in [-0.2, 0) is 9.84 Å². The first-order valence-electron chi connectivity index (χ1n) is 8.82. The van der Waals surface area contributed by atoms with E-state index < -0.39 is 9.84 Å². The van der Waals surface area contributed by atoms with Crippen LogP contribution in [0.1, 0.15) is 38.2 Å². The van der Waals surface area contributed by atoms with Crippen molar-refractivity contribution in [3.63, 3.8) is 0 Å². The summed E-state index contributed by atoms with van der Waals surface area (Å²) in [6.07, 6.45) is 5.13. The predicted molar refractivity (Wildman–Crippen MR) is 100 cm³/mol. The second-order valence-electron chi connectivity index (χ2n) is 7.35. The number of hydrogen-bond donors (Lipinski definition) is 1. The number of aromatic nitrogens is 1. The van der Waals surface area contributed by atoms with Crippen molar-refractivity contribution in [2.75, 3.05) is 5.75 Å². The summed E-state index contributed by atoms with van der Waals surface area (Å²) < 4.78 is 30.3. The molecule has 2 unspecified atom stereocenters. The molecular weight excluding hydrogens is 334 g/mol. The fourth-order valence-corrected chi connectivity index (χ4v) is 6.32. The number of furan rings is 1. The number of sulfone groups is 1. The summed E-state index contributed by atoms with van der Waals surface area (Å²) in [5, 5.41) is 0.921. The molecule has 1 aromatic carbocycles. The number of fused-ring (bicyclic) bond motifs is 1. The number of rotatable bonds is 3. The van der Waals surface area contributed by atoms with Crippen molar-refractivity contribution in [3.05, 3.63) is 48.4 Å². The zero-order valence-corrected chi connectivity index (χ0v) is 15.3. The van der Waals surface area contributed by atoms with E-state index in [-0.39, 0.29) is 22.8 Å². The molecule has 1 aliphatic rings. The molecule has 3 aromatic rings. The fraction of sp³-hybridized carbons (Fsp3) is 0.400. The normalized spacial score (nSPS) is 23.3. The monoisotopic (exact) mass is 357 g/mol. The van der Waals surface area contributed by atoms with Gasteiger partial charge in [0.2, 0.25) is 0 Å². The first-order chi connectivity index (χ1) is 12.0. The van der Waals surface area contributed by atoms with Crippen molar-refractivity contribution < 1.29 is 12.8 Å². The largest absolute Gasteiger partial charge is 0.464 e. The summed E-state index contributed by atoms with van der Waals surface area (Å²) in [7, 11) is -2.97. The molecule has 25 heavy (non-hydrogen) atoms. The molecule has 2 aromatic heterocycles. The third-order valence-electron chi connectivity index (χ3n) is 5.43. The van der Waals surface area contributed by atoms with Crippen LogP contribution in [-0.4, -0.2) is 24.4 Å². The van der Waals surface area contributed by atoms with E-state index in [2.05, 4.69) is 23.3 Å². The third-order valence-corrected chi connectivity index (χ3v) is 7.90. The van der Waals surface area contributed by atoms with Crippen LogP contribution in [0.3, 0.4) is 0 Å². The van der Waals surface area contributed by atoms with E-state index in [9.17, 15) is 8.42 Å². The van der Waals surface area contributed by atoms with E-state index in [4.69, 9.17) is 4.42 Å². The van der Waals surface area contributed by atoms with Crippen LogP contribution < -0.4 is 0 Å². The summed E-state index contributed by atoms with van der Waals surface area (Å²) in [4.78, 5) is 3.34. The Hall–Kier alpha value is -2.01. The Morgan fingerprint density at radius 2 is 2.08 bits per heavy atom. The molecule has 1 fully saturated rings. The standard InChI is InChI=1S/C20H23NO3S/c1-13(2)20-11-14(7-9-25(20,22)23)17-12-21-18-6-5-15(10-16(17)18)19-4-3-8-24-19/h3-6,8,10,12-14,20-21H,7,9,11H2,1-2H3. The Bertz CT molecular complexity index is 983. The maximum atomic E-state index is 12.4. The van der Waals surface area contributed by atoms with Crippen LogP contribution in [0.5, 0.6) is 0 Å². The smallest absolute Gasteiger partial charge is 0.153 e. The molecule has 4 nitrogen and oxygen atoms in total. The maximum absolute atomic E-state index is 12.4. The molecule has 1 saturated heterocycles. The fourth-order valence-electron chi connectivity index (χ4n) is 4.05. The third kappa shape index (κ3) is 2.91. The van der Waals surface area contributed by atoms with Gasteiger partial charge in [0.25, 0.3) is 0 Å². The SMILES string of the molecule is CC(C)C1CC(c2c[nH]c3ccc(-c4ccco4)cc23)CCS1(=O)=O. The summed E-state index contributed by atoms with van der Waals surface area (Å²) in [6, 6.07) is 10.1. The van der Waals surface area contributed by atoms with Gasteiger partial charge in [-0.25, -0.2) is 8.42 Å². The lowest BCUT2D eigenvalue weighted by Crippen LogP contribution is -2.35. The average Bonchev–Trinajstić information content (AvgIpc) is 3.23. The number of nitrogens with one attached hydrogen (secondary N) is 1. The molecule has 0 saturated carbocycles. The Labute approximate surface area is 148 Å². The van der Waals surface area contributed by atoms with Gasteiger partial charge in [0.15, 0.2) is 9.84 Å². The lowest BCUT2D eigenvalue weighted by molar-refractivity contribution is 0.449. The highest BCUT2D eigenvalue weighted by molar-refractivity contribution is 7.92.